The molecular weight excluding hydrogens is 282 g/mol. The number of rotatable bonds is 5. The number of nitrogens with zero attached hydrogens (tertiary/aromatic N) is 4. The van der Waals surface area contributed by atoms with Gasteiger partial charge in [0, 0.05) is 13.1 Å². The number of amidine groups is 1. The van der Waals surface area contributed by atoms with Gasteiger partial charge in [-0.1, -0.05) is 0 Å². The van der Waals surface area contributed by atoms with Gasteiger partial charge in [0.2, 0.25) is 5.71 Å². The lowest BCUT2D eigenvalue weighted by atomic mass is 10.2. The smallest absolute Gasteiger partial charge is 0.329 e. The molecule has 2 aromatic rings. The second-order valence-corrected chi connectivity index (χ2v) is 4.57. The van der Waals surface area contributed by atoms with Crippen LogP contribution < -0.4 is 16.8 Å². The molecule has 22 heavy (non-hydrogen) atoms. The summed E-state index contributed by atoms with van der Waals surface area (Å²) < 4.78 is 3.37. The standard InChI is InChI=1S/C14H17N7O/c1-3-20-11-6-5-9(18-19-10(8-15)13(16)17)7-12(11)21(4-2)14(20)22/h5-7,18H,3-4H2,1-2H3,(H3,16,17)/b19-10+. The topological polar surface area (TPSA) is 125 Å². The second-order valence-electron chi connectivity index (χ2n) is 4.57. The number of imidazole rings is 1. The fourth-order valence-corrected chi connectivity index (χ4v) is 2.27. The van der Waals surface area contributed by atoms with Gasteiger partial charge in [-0.2, -0.15) is 10.4 Å². The Kier molecular flexibility index (Phi) is 4.27. The van der Waals surface area contributed by atoms with Gasteiger partial charge in [0.1, 0.15) is 6.07 Å². The van der Waals surface area contributed by atoms with Crippen molar-refractivity contribution < 1.29 is 0 Å². The van der Waals surface area contributed by atoms with Gasteiger partial charge in [-0.15, -0.1) is 0 Å². The van der Waals surface area contributed by atoms with E-state index in [9.17, 15) is 4.79 Å². The molecule has 0 aliphatic heterocycles. The van der Waals surface area contributed by atoms with E-state index in [-0.39, 0.29) is 11.4 Å². The molecule has 0 bridgehead atoms. The third-order valence-corrected chi connectivity index (χ3v) is 3.31. The normalized spacial score (nSPS) is 11.4. The van der Waals surface area contributed by atoms with E-state index in [1.165, 1.54) is 0 Å². The van der Waals surface area contributed by atoms with Gasteiger partial charge >= 0.3 is 5.69 Å². The highest BCUT2D eigenvalue weighted by atomic mass is 16.1. The van der Waals surface area contributed by atoms with Crippen molar-refractivity contribution in [3.05, 3.63) is 28.7 Å². The lowest BCUT2D eigenvalue weighted by molar-refractivity contribution is 0.671. The monoisotopic (exact) mass is 299 g/mol. The van der Waals surface area contributed by atoms with E-state index < -0.39 is 5.84 Å². The number of benzene rings is 1. The van der Waals surface area contributed by atoms with Crippen LogP contribution in [0, 0.1) is 16.7 Å². The highest BCUT2D eigenvalue weighted by molar-refractivity contribution is 6.45. The summed E-state index contributed by atoms with van der Waals surface area (Å²) in [4.78, 5) is 12.3. The molecule has 2 rings (SSSR count). The van der Waals surface area contributed by atoms with Gasteiger partial charge in [0.05, 0.1) is 16.7 Å². The molecule has 0 amide bonds. The number of nitrogens with one attached hydrogen (secondary N) is 2. The average molecular weight is 299 g/mol. The Bertz CT molecular complexity index is 850. The van der Waals surface area contributed by atoms with Gasteiger partial charge in [-0.25, -0.2) is 4.79 Å². The highest BCUT2D eigenvalue weighted by Gasteiger charge is 2.11. The summed E-state index contributed by atoms with van der Waals surface area (Å²) in [5.74, 6) is -0.404. The zero-order chi connectivity index (χ0) is 16.3. The minimum atomic E-state index is -0.404. The summed E-state index contributed by atoms with van der Waals surface area (Å²) in [6, 6.07) is 7.10. The molecule has 8 heteroatoms. The number of nitrogens with two attached hydrogens (primary N) is 1. The van der Waals surface area contributed by atoms with Crippen LogP contribution in [0.1, 0.15) is 13.8 Å². The largest absolute Gasteiger partial charge is 0.382 e. The molecular formula is C14H17N7O. The Hall–Kier alpha value is -3.08. The van der Waals surface area contributed by atoms with Crippen LogP contribution in [0.3, 0.4) is 0 Å². The Balaban J connectivity index is 2.50. The quantitative estimate of drug-likeness (QED) is 0.434. The lowest BCUT2D eigenvalue weighted by Crippen LogP contribution is -2.23. The van der Waals surface area contributed by atoms with Gasteiger partial charge in [0.25, 0.3) is 0 Å². The van der Waals surface area contributed by atoms with Gasteiger partial charge in [0.15, 0.2) is 5.84 Å². The number of anilines is 1. The first-order valence-electron chi connectivity index (χ1n) is 6.84. The first-order chi connectivity index (χ1) is 10.5. The molecule has 1 heterocycles. The predicted molar refractivity (Wildman–Crippen MR) is 86.1 cm³/mol. The molecule has 1 aromatic carbocycles. The Morgan fingerprint density at radius 1 is 1.36 bits per heavy atom. The third-order valence-electron chi connectivity index (χ3n) is 3.31. The van der Waals surface area contributed by atoms with E-state index >= 15 is 0 Å². The minimum Gasteiger partial charge on any atom is -0.382 e. The molecule has 4 N–H and O–H groups in total. The Morgan fingerprint density at radius 3 is 2.55 bits per heavy atom. The third kappa shape index (κ3) is 2.56. The Morgan fingerprint density at radius 2 is 2.00 bits per heavy atom. The maximum absolute atomic E-state index is 12.3. The number of nitriles is 1. The second kappa shape index (κ2) is 6.13. The summed E-state index contributed by atoms with van der Waals surface area (Å²) in [7, 11) is 0. The van der Waals surface area contributed by atoms with E-state index in [1.54, 1.807) is 27.3 Å². The minimum absolute atomic E-state index is 0.0536. The van der Waals surface area contributed by atoms with Crippen LogP contribution in [-0.2, 0) is 13.1 Å². The van der Waals surface area contributed by atoms with Crippen LogP contribution in [0.4, 0.5) is 5.69 Å². The first kappa shape index (κ1) is 15.3. The summed E-state index contributed by atoms with van der Waals surface area (Å²) >= 11 is 0. The molecule has 0 aliphatic carbocycles. The molecule has 0 fully saturated rings. The van der Waals surface area contributed by atoms with Gasteiger partial charge < -0.3 is 5.73 Å². The summed E-state index contributed by atoms with van der Waals surface area (Å²) in [6.07, 6.45) is 0. The number of fused-ring (bicyclic) bond motifs is 1. The number of aromatic nitrogens is 2. The zero-order valence-corrected chi connectivity index (χ0v) is 12.4. The molecule has 0 radical (unpaired) electrons. The molecule has 0 unspecified atom stereocenters. The van der Waals surface area contributed by atoms with Crippen molar-refractivity contribution in [2.24, 2.45) is 10.8 Å². The molecule has 0 aliphatic rings. The van der Waals surface area contributed by atoms with Crippen molar-refractivity contribution in [3.63, 3.8) is 0 Å². The number of hydrazone groups is 1. The maximum Gasteiger partial charge on any atom is 0.329 e. The molecule has 0 saturated heterocycles. The van der Waals surface area contributed by atoms with Crippen molar-refractivity contribution in [1.29, 1.82) is 10.7 Å². The first-order valence-corrected chi connectivity index (χ1v) is 6.84. The zero-order valence-electron chi connectivity index (χ0n) is 12.4. The summed E-state index contributed by atoms with van der Waals surface area (Å²) in [5.41, 5.74) is 9.91. The SMILES string of the molecule is CCn1c(=O)n(CC)c2cc(N/N=C(\C#N)C(=N)N)ccc21. The van der Waals surface area contributed by atoms with E-state index in [2.05, 4.69) is 10.5 Å². The molecule has 8 nitrogen and oxygen atoms in total. The van der Waals surface area contributed by atoms with Crippen LogP contribution in [0.2, 0.25) is 0 Å². The van der Waals surface area contributed by atoms with Crippen molar-refractivity contribution in [1.82, 2.24) is 9.13 Å². The van der Waals surface area contributed by atoms with Crippen molar-refractivity contribution in [2.45, 2.75) is 26.9 Å². The lowest BCUT2D eigenvalue weighted by Gasteiger charge is -2.03. The molecule has 1 aromatic heterocycles. The van der Waals surface area contributed by atoms with E-state index in [0.29, 0.717) is 18.8 Å². The predicted octanol–water partition coefficient (Wildman–Crippen LogP) is 1.07. The van der Waals surface area contributed by atoms with Crippen LogP contribution in [-0.4, -0.2) is 20.7 Å². The molecule has 0 saturated carbocycles. The Labute approximate surface area is 127 Å². The average Bonchev–Trinajstić information content (AvgIpc) is 2.77. The van der Waals surface area contributed by atoms with E-state index in [4.69, 9.17) is 16.4 Å². The van der Waals surface area contributed by atoms with E-state index in [0.717, 1.165) is 11.0 Å². The van der Waals surface area contributed by atoms with Crippen molar-refractivity contribution in [3.8, 4) is 6.07 Å². The van der Waals surface area contributed by atoms with Gasteiger partial charge in [-0.3, -0.25) is 20.0 Å². The van der Waals surface area contributed by atoms with E-state index in [1.807, 2.05) is 19.9 Å². The highest BCUT2D eigenvalue weighted by Crippen LogP contribution is 2.19. The van der Waals surface area contributed by atoms with Crippen LogP contribution in [0.25, 0.3) is 11.0 Å². The van der Waals surface area contributed by atoms with Crippen molar-refractivity contribution >= 4 is 28.3 Å². The molecule has 0 atom stereocenters. The summed E-state index contributed by atoms with van der Waals surface area (Å²) in [5, 5.41) is 19.8. The van der Waals surface area contributed by atoms with Crippen molar-refractivity contribution in [2.75, 3.05) is 5.43 Å². The number of aryl methyl sites for hydroxylation is 2. The molecule has 114 valence electrons. The number of hydrogen-bond donors (Lipinski definition) is 3. The fraction of sp³-hybridized carbons (Fsp3) is 0.286. The summed E-state index contributed by atoms with van der Waals surface area (Å²) in [6.45, 7) is 4.98. The molecule has 0 spiro atoms. The number of hydrogen-bond acceptors (Lipinski definition) is 5. The van der Waals surface area contributed by atoms with Gasteiger partial charge in [-0.05, 0) is 32.0 Å². The fourth-order valence-electron chi connectivity index (χ4n) is 2.27. The maximum atomic E-state index is 12.3. The van der Waals surface area contributed by atoms with Crippen LogP contribution in [0.15, 0.2) is 28.1 Å². The van der Waals surface area contributed by atoms with Crippen LogP contribution >= 0.6 is 0 Å². The van der Waals surface area contributed by atoms with Crippen LogP contribution in [0.5, 0.6) is 0 Å².